The SMILES string of the molecule is Cc1cc(Oc2ccc3cc(N)ccc3n2)ccc1F. The molecule has 0 spiro atoms. The summed E-state index contributed by atoms with van der Waals surface area (Å²) in [5.41, 5.74) is 7.76. The minimum absolute atomic E-state index is 0.251. The maximum atomic E-state index is 13.2. The number of nitrogen functional groups attached to an aromatic ring is 1. The lowest BCUT2D eigenvalue weighted by Gasteiger charge is -2.07. The molecule has 100 valence electrons. The zero-order chi connectivity index (χ0) is 14.1. The third-order valence-corrected chi connectivity index (χ3v) is 3.04. The maximum absolute atomic E-state index is 13.2. The third kappa shape index (κ3) is 2.40. The molecule has 0 aliphatic carbocycles. The van der Waals surface area contributed by atoms with E-state index < -0.39 is 0 Å². The van der Waals surface area contributed by atoms with E-state index in [-0.39, 0.29) is 5.82 Å². The first kappa shape index (κ1) is 12.4. The Morgan fingerprint density at radius 3 is 2.70 bits per heavy atom. The summed E-state index contributed by atoms with van der Waals surface area (Å²) < 4.78 is 18.8. The number of benzene rings is 2. The van der Waals surface area contributed by atoms with Gasteiger partial charge < -0.3 is 10.5 Å². The maximum Gasteiger partial charge on any atom is 0.219 e. The molecule has 1 heterocycles. The van der Waals surface area contributed by atoms with Gasteiger partial charge in [-0.2, -0.15) is 0 Å². The van der Waals surface area contributed by atoms with E-state index in [2.05, 4.69) is 4.98 Å². The molecule has 0 saturated carbocycles. The highest BCUT2D eigenvalue weighted by atomic mass is 19.1. The number of rotatable bonds is 2. The van der Waals surface area contributed by atoms with E-state index in [9.17, 15) is 4.39 Å². The van der Waals surface area contributed by atoms with E-state index in [1.54, 1.807) is 31.2 Å². The van der Waals surface area contributed by atoms with E-state index in [0.29, 0.717) is 22.9 Å². The molecule has 3 aromatic rings. The molecule has 0 saturated heterocycles. The van der Waals surface area contributed by atoms with Gasteiger partial charge in [0.25, 0.3) is 0 Å². The van der Waals surface area contributed by atoms with E-state index in [0.717, 1.165) is 10.9 Å². The highest BCUT2D eigenvalue weighted by molar-refractivity contribution is 5.82. The predicted molar refractivity (Wildman–Crippen MR) is 77.4 cm³/mol. The highest BCUT2D eigenvalue weighted by Crippen LogP contribution is 2.24. The van der Waals surface area contributed by atoms with Crippen molar-refractivity contribution in [3.63, 3.8) is 0 Å². The van der Waals surface area contributed by atoms with Crippen molar-refractivity contribution >= 4 is 16.6 Å². The second-order valence-electron chi connectivity index (χ2n) is 4.61. The van der Waals surface area contributed by atoms with Crippen LogP contribution in [0.5, 0.6) is 11.6 Å². The first-order chi connectivity index (χ1) is 9.61. The standard InChI is InChI=1S/C16H13FN2O/c1-10-8-13(4-5-14(10)17)20-16-7-2-11-9-12(18)3-6-15(11)19-16/h2-9H,18H2,1H3. The number of nitrogens with two attached hydrogens (primary N) is 1. The van der Waals surface area contributed by atoms with Crippen molar-refractivity contribution in [2.24, 2.45) is 0 Å². The van der Waals surface area contributed by atoms with Gasteiger partial charge in [-0.1, -0.05) is 0 Å². The molecule has 0 fully saturated rings. The van der Waals surface area contributed by atoms with Gasteiger partial charge in [-0.05, 0) is 55.0 Å². The van der Waals surface area contributed by atoms with Crippen LogP contribution in [0.2, 0.25) is 0 Å². The van der Waals surface area contributed by atoms with Crippen LogP contribution in [0.1, 0.15) is 5.56 Å². The van der Waals surface area contributed by atoms with Crippen LogP contribution in [0.15, 0.2) is 48.5 Å². The van der Waals surface area contributed by atoms with Gasteiger partial charge in [0.05, 0.1) is 5.52 Å². The van der Waals surface area contributed by atoms with Crippen molar-refractivity contribution in [1.82, 2.24) is 4.98 Å². The molecule has 2 N–H and O–H groups in total. The first-order valence-electron chi connectivity index (χ1n) is 6.22. The molecule has 20 heavy (non-hydrogen) atoms. The zero-order valence-electron chi connectivity index (χ0n) is 10.9. The number of aromatic nitrogens is 1. The molecule has 0 unspecified atom stereocenters. The molecule has 3 rings (SSSR count). The van der Waals surface area contributed by atoms with Gasteiger partial charge in [0.1, 0.15) is 11.6 Å². The Kier molecular flexibility index (Phi) is 2.99. The van der Waals surface area contributed by atoms with Crippen LogP contribution in [0.4, 0.5) is 10.1 Å². The Labute approximate surface area is 115 Å². The van der Waals surface area contributed by atoms with Gasteiger partial charge in [0, 0.05) is 17.1 Å². The van der Waals surface area contributed by atoms with E-state index in [4.69, 9.17) is 10.5 Å². The Bertz CT molecular complexity index is 787. The first-order valence-corrected chi connectivity index (χ1v) is 6.22. The number of halogens is 1. The number of hydrogen-bond donors (Lipinski definition) is 1. The predicted octanol–water partition coefficient (Wildman–Crippen LogP) is 4.06. The summed E-state index contributed by atoms with van der Waals surface area (Å²) in [6, 6.07) is 13.8. The number of pyridine rings is 1. The summed E-state index contributed by atoms with van der Waals surface area (Å²) in [6.45, 7) is 1.69. The summed E-state index contributed by atoms with van der Waals surface area (Å²) in [4.78, 5) is 4.39. The molecule has 0 aliphatic rings. The summed E-state index contributed by atoms with van der Waals surface area (Å²) in [5, 5.41) is 0.952. The Balaban J connectivity index is 1.94. The Morgan fingerprint density at radius 2 is 1.90 bits per heavy atom. The Hall–Kier alpha value is -2.62. The molecular weight excluding hydrogens is 255 g/mol. The number of anilines is 1. The van der Waals surface area contributed by atoms with Crippen molar-refractivity contribution in [3.8, 4) is 11.6 Å². The molecule has 0 aliphatic heterocycles. The minimum atomic E-state index is -0.251. The lowest BCUT2D eigenvalue weighted by Crippen LogP contribution is -1.91. The number of hydrogen-bond acceptors (Lipinski definition) is 3. The number of aryl methyl sites for hydroxylation is 1. The van der Waals surface area contributed by atoms with Gasteiger partial charge in [-0.3, -0.25) is 0 Å². The molecule has 1 aromatic heterocycles. The minimum Gasteiger partial charge on any atom is -0.439 e. The average Bonchev–Trinajstić information content (AvgIpc) is 2.43. The van der Waals surface area contributed by atoms with Crippen molar-refractivity contribution in [1.29, 1.82) is 0 Å². The summed E-state index contributed by atoms with van der Waals surface area (Å²) in [7, 11) is 0. The summed E-state index contributed by atoms with van der Waals surface area (Å²) >= 11 is 0. The number of fused-ring (bicyclic) bond motifs is 1. The number of nitrogens with zero attached hydrogens (tertiary/aromatic N) is 1. The van der Waals surface area contributed by atoms with Gasteiger partial charge in [-0.15, -0.1) is 0 Å². The second-order valence-corrected chi connectivity index (χ2v) is 4.61. The topological polar surface area (TPSA) is 48.1 Å². The average molecular weight is 268 g/mol. The fourth-order valence-corrected chi connectivity index (χ4v) is 1.98. The quantitative estimate of drug-likeness (QED) is 0.713. The molecule has 4 heteroatoms. The van der Waals surface area contributed by atoms with Crippen molar-refractivity contribution in [2.45, 2.75) is 6.92 Å². The molecule has 0 atom stereocenters. The zero-order valence-corrected chi connectivity index (χ0v) is 10.9. The molecular formula is C16H13FN2O. The smallest absolute Gasteiger partial charge is 0.219 e. The lowest BCUT2D eigenvalue weighted by atomic mass is 10.2. The van der Waals surface area contributed by atoms with Crippen LogP contribution in [-0.2, 0) is 0 Å². The fourth-order valence-electron chi connectivity index (χ4n) is 1.98. The molecule has 0 radical (unpaired) electrons. The number of ether oxygens (including phenoxy) is 1. The van der Waals surface area contributed by atoms with E-state index in [1.165, 1.54) is 6.07 Å². The lowest BCUT2D eigenvalue weighted by molar-refractivity contribution is 0.462. The van der Waals surface area contributed by atoms with Crippen LogP contribution in [0.25, 0.3) is 10.9 Å². The molecule has 0 amide bonds. The molecule has 3 nitrogen and oxygen atoms in total. The third-order valence-electron chi connectivity index (χ3n) is 3.04. The fraction of sp³-hybridized carbons (Fsp3) is 0.0625. The summed E-state index contributed by atoms with van der Waals surface area (Å²) in [5.74, 6) is 0.777. The van der Waals surface area contributed by atoms with Gasteiger partial charge >= 0.3 is 0 Å². The van der Waals surface area contributed by atoms with Gasteiger partial charge in [0.15, 0.2) is 0 Å². The highest BCUT2D eigenvalue weighted by Gasteiger charge is 2.04. The van der Waals surface area contributed by atoms with Gasteiger partial charge in [-0.25, -0.2) is 9.37 Å². The van der Waals surface area contributed by atoms with Crippen molar-refractivity contribution in [3.05, 3.63) is 59.9 Å². The Morgan fingerprint density at radius 1 is 1.05 bits per heavy atom. The van der Waals surface area contributed by atoms with Crippen molar-refractivity contribution in [2.75, 3.05) is 5.73 Å². The van der Waals surface area contributed by atoms with Crippen LogP contribution in [0.3, 0.4) is 0 Å². The van der Waals surface area contributed by atoms with Crippen LogP contribution in [-0.4, -0.2) is 4.98 Å². The van der Waals surface area contributed by atoms with Crippen LogP contribution >= 0.6 is 0 Å². The monoisotopic (exact) mass is 268 g/mol. The van der Waals surface area contributed by atoms with Gasteiger partial charge in [0.2, 0.25) is 5.88 Å². The van der Waals surface area contributed by atoms with Crippen molar-refractivity contribution < 1.29 is 9.13 Å². The molecule has 2 aromatic carbocycles. The second kappa shape index (κ2) is 4.81. The normalized spacial score (nSPS) is 10.7. The molecule has 0 bridgehead atoms. The van der Waals surface area contributed by atoms with Crippen LogP contribution < -0.4 is 10.5 Å². The van der Waals surface area contributed by atoms with E-state index in [1.807, 2.05) is 18.2 Å². The largest absolute Gasteiger partial charge is 0.439 e. The van der Waals surface area contributed by atoms with Crippen LogP contribution in [0, 0.1) is 12.7 Å². The van der Waals surface area contributed by atoms with E-state index >= 15 is 0 Å². The summed E-state index contributed by atoms with van der Waals surface area (Å²) in [6.07, 6.45) is 0.